The number of amides is 1. The van der Waals surface area contributed by atoms with E-state index in [9.17, 15) is 13.2 Å². The third-order valence-electron chi connectivity index (χ3n) is 3.53. The Bertz CT molecular complexity index is 609. The minimum atomic E-state index is -3.61. The van der Waals surface area contributed by atoms with Crippen molar-refractivity contribution < 1.29 is 17.9 Å². The van der Waals surface area contributed by atoms with E-state index in [-0.39, 0.29) is 16.7 Å². The number of hydrogen-bond donors (Lipinski definition) is 2. The van der Waals surface area contributed by atoms with Crippen LogP contribution in [0.4, 0.5) is 0 Å². The minimum absolute atomic E-state index is 0.245. The molecule has 0 atom stereocenters. The molecule has 2 heterocycles. The van der Waals surface area contributed by atoms with Crippen LogP contribution in [-0.2, 0) is 26.0 Å². The highest BCUT2D eigenvalue weighted by molar-refractivity contribution is 7.91. The first kappa shape index (κ1) is 18.3. The molecule has 1 amide bonds. The van der Waals surface area contributed by atoms with Crippen LogP contribution in [0.5, 0.6) is 0 Å². The zero-order chi connectivity index (χ0) is 16.7. The van der Waals surface area contributed by atoms with E-state index in [1.807, 2.05) is 6.92 Å². The molecule has 0 radical (unpaired) electrons. The van der Waals surface area contributed by atoms with Crippen molar-refractivity contribution in [3.05, 3.63) is 17.0 Å². The lowest BCUT2D eigenvalue weighted by atomic mass is 10.4. The Morgan fingerprint density at radius 1 is 1.35 bits per heavy atom. The number of sulfonamides is 1. The lowest BCUT2D eigenvalue weighted by Gasteiger charge is -2.26. The normalized spacial score (nSPS) is 16.4. The van der Waals surface area contributed by atoms with E-state index in [2.05, 4.69) is 14.9 Å². The molecule has 1 aliphatic heterocycles. The van der Waals surface area contributed by atoms with Gasteiger partial charge in [-0.2, -0.15) is 0 Å². The molecule has 0 saturated carbocycles. The summed E-state index contributed by atoms with van der Waals surface area (Å²) in [5.74, 6) is -0.325. The summed E-state index contributed by atoms with van der Waals surface area (Å²) in [6.07, 6.45) is 0.794. The fourth-order valence-electron chi connectivity index (χ4n) is 2.17. The minimum Gasteiger partial charge on any atom is -0.379 e. The summed E-state index contributed by atoms with van der Waals surface area (Å²) < 4.78 is 32.0. The maximum absolute atomic E-state index is 12.1. The van der Waals surface area contributed by atoms with Gasteiger partial charge >= 0.3 is 0 Å². The molecule has 9 heteroatoms. The second-order valence-electron chi connectivity index (χ2n) is 5.20. The third-order valence-corrected chi connectivity index (χ3v) is 6.65. The maximum atomic E-state index is 12.1. The van der Waals surface area contributed by atoms with Crippen molar-refractivity contribution in [3.63, 3.8) is 0 Å². The van der Waals surface area contributed by atoms with E-state index in [0.29, 0.717) is 19.8 Å². The van der Waals surface area contributed by atoms with Crippen LogP contribution in [0.15, 0.2) is 16.3 Å². The molecule has 0 spiro atoms. The molecule has 1 saturated heterocycles. The highest BCUT2D eigenvalue weighted by Gasteiger charge is 2.17. The van der Waals surface area contributed by atoms with Crippen LogP contribution in [0.3, 0.4) is 0 Å². The Labute approximate surface area is 141 Å². The van der Waals surface area contributed by atoms with E-state index >= 15 is 0 Å². The molecule has 7 nitrogen and oxygen atoms in total. The first-order valence-corrected chi connectivity index (χ1v) is 9.96. The summed E-state index contributed by atoms with van der Waals surface area (Å²) in [6, 6.07) is 3.36. The molecular weight excluding hydrogens is 338 g/mol. The van der Waals surface area contributed by atoms with Gasteiger partial charge in [-0.05, 0) is 18.6 Å². The van der Waals surface area contributed by atoms with E-state index < -0.39 is 10.0 Å². The summed E-state index contributed by atoms with van der Waals surface area (Å²) in [5.41, 5.74) is 0. The summed E-state index contributed by atoms with van der Waals surface area (Å²) in [5, 5.41) is 2.73. The quantitative estimate of drug-likeness (QED) is 0.682. The molecular formula is C14H23N3O4S2. The number of thiophene rings is 1. The summed E-state index contributed by atoms with van der Waals surface area (Å²) >= 11 is 1.23. The van der Waals surface area contributed by atoms with Gasteiger partial charge in [0.15, 0.2) is 0 Å². The van der Waals surface area contributed by atoms with Crippen molar-refractivity contribution >= 4 is 27.3 Å². The van der Waals surface area contributed by atoms with Gasteiger partial charge in [-0.1, -0.05) is 6.92 Å². The fraction of sp³-hybridized carbons (Fsp3) is 0.643. The molecule has 2 rings (SSSR count). The summed E-state index contributed by atoms with van der Waals surface area (Å²) in [6.45, 7) is 6.12. The van der Waals surface area contributed by atoms with Gasteiger partial charge in [0.05, 0.1) is 19.8 Å². The summed E-state index contributed by atoms with van der Waals surface area (Å²) in [7, 11) is -3.61. The van der Waals surface area contributed by atoms with Crippen LogP contribution >= 0.6 is 11.3 Å². The Kier molecular flexibility index (Phi) is 6.97. The maximum Gasteiger partial charge on any atom is 0.250 e. The molecule has 2 N–H and O–H groups in total. The van der Waals surface area contributed by atoms with Crippen molar-refractivity contribution in [1.29, 1.82) is 0 Å². The number of carbonyl (C=O) groups excluding carboxylic acids is 1. The Morgan fingerprint density at radius 2 is 2.09 bits per heavy atom. The van der Waals surface area contributed by atoms with E-state index in [1.54, 1.807) is 12.1 Å². The molecule has 130 valence electrons. The molecule has 23 heavy (non-hydrogen) atoms. The van der Waals surface area contributed by atoms with Crippen molar-refractivity contribution in [2.45, 2.75) is 17.6 Å². The first-order chi connectivity index (χ1) is 11.0. The van der Waals surface area contributed by atoms with Gasteiger partial charge in [-0.25, -0.2) is 13.1 Å². The molecule has 1 aliphatic rings. The zero-order valence-corrected chi connectivity index (χ0v) is 14.8. The van der Waals surface area contributed by atoms with Gasteiger partial charge in [-0.3, -0.25) is 9.69 Å². The van der Waals surface area contributed by atoms with Crippen LogP contribution in [0.25, 0.3) is 0 Å². The predicted molar refractivity (Wildman–Crippen MR) is 89.2 cm³/mol. The standard InChI is InChI=1S/C14H23N3O4S2/c1-2-12-3-4-14(22-12)23(19,20)16-11-13(18)15-5-6-17-7-9-21-10-8-17/h3-4,16H,2,5-11H2,1H3,(H,15,18). The molecule has 0 unspecified atom stereocenters. The van der Waals surface area contributed by atoms with Crippen LogP contribution in [0.1, 0.15) is 11.8 Å². The largest absolute Gasteiger partial charge is 0.379 e. The Balaban J connectivity index is 1.70. The van der Waals surface area contributed by atoms with Gasteiger partial charge in [0.2, 0.25) is 5.91 Å². The van der Waals surface area contributed by atoms with Crippen molar-refractivity contribution in [3.8, 4) is 0 Å². The van der Waals surface area contributed by atoms with E-state index in [4.69, 9.17) is 4.74 Å². The molecule has 1 aromatic rings. The molecule has 0 bridgehead atoms. The van der Waals surface area contributed by atoms with Crippen LogP contribution < -0.4 is 10.0 Å². The highest BCUT2D eigenvalue weighted by Crippen LogP contribution is 2.21. The topological polar surface area (TPSA) is 87.7 Å². The number of morpholine rings is 1. The monoisotopic (exact) mass is 361 g/mol. The molecule has 1 aromatic heterocycles. The lowest BCUT2D eigenvalue weighted by Crippen LogP contribution is -2.43. The number of carbonyl (C=O) groups is 1. The number of hydrogen-bond acceptors (Lipinski definition) is 6. The SMILES string of the molecule is CCc1ccc(S(=O)(=O)NCC(=O)NCCN2CCOCC2)s1. The van der Waals surface area contributed by atoms with Crippen LogP contribution in [0.2, 0.25) is 0 Å². The van der Waals surface area contributed by atoms with Crippen molar-refractivity contribution in [1.82, 2.24) is 14.9 Å². The molecule has 1 fully saturated rings. The molecule has 0 aliphatic carbocycles. The smallest absolute Gasteiger partial charge is 0.250 e. The van der Waals surface area contributed by atoms with Gasteiger partial charge in [-0.15, -0.1) is 11.3 Å². The first-order valence-electron chi connectivity index (χ1n) is 7.66. The zero-order valence-electron chi connectivity index (χ0n) is 13.2. The van der Waals surface area contributed by atoms with Gasteiger partial charge in [0.1, 0.15) is 4.21 Å². The highest BCUT2D eigenvalue weighted by atomic mass is 32.2. The lowest BCUT2D eigenvalue weighted by molar-refractivity contribution is -0.120. The number of nitrogens with zero attached hydrogens (tertiary/aromatic N) is 1. The number of ether oxygens (including phenoxy) is 1. The fourth-order valence-corrected chi connectivity index (χ4v) is 4.49. The van der Waals surface area contributed by atoms with Crippen LogP contribution in [-0.4, -0.2) is 65.2 Å². The second kappa shape index (κ2) is 8.74. The average Bonchev–Trinajstić information content (AvgIpc) is 3.04. The third kappa shape index (κ3) is 5.85. The second-order valence-corrected chi connectivity index (χ2v) is 8.36. The van der Waals surface area contributed by atoms with E-state index in [0.717, 1.165) is 30.9 Å². The van der Waals surface area contributed by atoms with Crippen molar-refractivity contribution in [2.75, 3.05) is 45.9 Å². The predicted octanol–water partition coefficient (Wildman–Crippen LogP) is 0.0372. The Hall–Kier alpha value is -1.00. The molecule has 0 aromatic carbocycles. The van der Waals surface area contributed by atoms with Crippen LogP contribution in [0, 0.1) is 0 Å². The van der Waals surface area contributed by atoms with E-state index in [1.165, 1.54) is 11.3 Å². The van der Waals surface area contributed by atoms with Gasteiger partial charge < -0.3 is 10.1 Å². The number of nitrogens with one attached hydrogen (secondary N) is 2. The Morgan fingerprint density at radius 3 is 2.74 bits per heavy atom. The summed E-state index contributed by atoms with van der Waals surface area (Å²) in [4.78, 5) is 14.9. The average molecular weight is 361 g/mol. The van der Waals surface area contributed by atoms with Gasteiger partial charge in [0, 0.05) is 31.1 Å². The van der Waals surface area contributed by atoms with Crippen molar-refractivity contribution in [2.24, 2.45) is 0 Å². The number of rotatable bonds is 8. The number of aryl methyl sites for hydroxylation is 1. The van der Waals surface area contributed by atoms with Gasteiger partial charge in [0.25, 0.3) is 10.0 Å².